The van der Waals surface area contributed by atoms with Gasteiger partial charge in [0, 0.05) is 17.8 Å². The Kier molecular flexibility index (Phi) is 3.68. The van der Waals surface area contributed by atoms with Crippen LogP contribution in [-0.4, -0.2) is 26.4 Å². The number of nitrogens with one attached hydrogen (secondary N) is 1. The van der Waals surface area contributed by atoms with Gasteiger partial charge in [-0.25, -0.2) is 0 Å². The first-order chi connectivity index (χ1) is 6.90. The molecule has 0 aliphatic carbocycles. The molecule has 0 aliphatic heterocycles. The average Bonchev–Trinajstić information content (AvgIpc) is 1.99. The van der Waals surface area contributed by atoms with Crippen molar-refractivity contribution in [2.45, 2.75) is 32.7 Å². The molecule has 0 unspecified atom stereocenters. The Hall–Kier alpha value is -1.10. The van der Waals surface area contributed by atoms with Gasteiger partial charge in [0.25, 0.3) is 0 Å². The quantitative estimate of drug-likeness (QED) is 0.768. The first kappa shape index (κ1) is 12.0. The monoisotopic (exact) mass is 229 g/mol. The largest absolute Gasteiger partial charge is 0.368 e. The maximum atomic E-state index is 5.61. The standard InChI is InChI=1S/C9H16ClN5/c1-9(2,3)15-8-13-6(4-5-10)12-7(11)14-8/h4-5H2,1-3H3,(H3,11,12,13,14,15). The van der Waals surface area contributed by atoms with Crippen molar-refractivity contribution in [1.82, 2.24) is 15.0 Å². The Bertz CT molecular complexity index is 334. The number of alkyl halides is 1. The molecule has 0 fully saturated rings. The number of hydrogen-bond acceptors (Lipinski definition) is 5. The van der Waals surface area contributed by atoms with Crippen LogP contribution in [0.15, 0.2) is 0 Å². The number of hydrogen-bond donors (Lipinski definition) is 2. The number of nitrogens with two attached hydrogens (primary N) is 1. The molecule has 1 rings (SSSR count). The van der Waals surface area contributed by atoms with E-state index in [0.29, 0.717) is 24.1 Å². The lowest BCUT2D eigenvalue weighted by molar-refractivity contribution is 0.624. The SMILES string of the molecule is CC(C)(C)Nc1nc(N)nc(CCCl)n1. The average molecular weight is 230 g/mol. The maximum Gasteiger partial charge on any atom is 0.228 e. The normalized spacial score (nSPS) is 11.5. The molecular formula is C9H16ClN5. The van der Waals surface area contributed by atoms with Crippen LogP contribution in [0.4, 0.5) is 11.9 Å². The Balaban J connectivity index is 2.88. The highest BCUT2D eigenvalue weighted by Crippen LogP contribution is 2.10. The van der Waals surface area contributed by atoms with Crippen LogP contribution in [0.25, 0.3) is 0 Å². The molecule has 0 atom stereocenters. The van der Waals surface area contributed by atoms with Gasteiger partial charge >= 0.3 is 0 Å². The number of aromatic nitrogens is 3. The van der Waals surface area contributed by atoms with Gasteiger partial charge < -0.3 is 11.1 Å². The number of anilines is 2. The molecule has 84 valence electrons. The van der Waals surface area contributed by atoms with Gasteiger partial charge in [-0.1, -0.05) is 0 Å². The van der Waals surface area contributed by atoms with Gasteiger partial charge in [-0.2, -0.15) is 15.0 Å². The van der Waals surface area contributed by atoms with Gasteiger partial charge in [0.05, 0.1) is 0 Å². The summed E-state index contributed by atoms with van der Waals surface area (Å²) in [6, 6.07) is 0. The van der Waals surface area contributed by atoms with Gasteiger partial charge in [0.15, 0.2) is 0 Å². The predicted octanol–water partition coefficient (Wildman–Crippen LogP) is 1.45. The molecule has 0 saturated heterocycles. The van der Waals surface area contributed by atoms with Crippen LogP contribution < -0.4 is 11.1 Å². The number of nitrogens with zero attached hydrogens (tertiary/aromatic N) is 3. The Labute approximate surface area is 94.5 Å². The summed E-state index contributed by atoms with van der Waals surface area (Å²) >= 11 is 5.61. The molecular weight excluding hydrogens is 214 g/mol. The highest BCUT2D eigenvalue weighted by Gasteiger charge is 2.12. The minimum atomic E-state index is -0.105. The molecule has 0 aliphatic rings. The highest BCUT2D eigenvalue weighted by molar-refractivity contribution is 6.17. The van der Waals surface area contributed by atoms with Crippen LogP contribution in [0.5, 0.6) is 0 Å². The third kappa shape index (κ3) is 4.29. The van der Waals surface area contributed by atoms with E-state index in [1.54, 1.807) is 0 Å². The molecule has 0 spiro atoms. The first-order valence-corrected chi connectivity index (χ1v) is 5.29. The van der Waals surface area contributed by atoms with Gasteiger partial charge in [-0.15, -0.1) is 11.6 Å². The Morgan fingerprint density at radius 2 is 1.93 bits per heavy atom. The summed E-state index contributed by atoms with van der Waals surface area (Å²) in [5.74, 6) is 1.80. The van der Waals surface area contributed by atoms with Crippen LogP contribution in [-0.2, 0) is 6.42 Å². The smallest absolute Gasteiger partial charge is 0.228 e. The second-order valence-corrected chi connectivity index (χ2v) is 4.63. The summed E-state index contributed by atoms with van der Waals surface area (Å²) in [6.45, 7) is 6.07. The zero-order valence-electron chi connectivity index (χ0n) is 9.21. The van der Waals surface area contributed by atoms with E-state index in [4.69, 9.17) is 17.3 Å². The van der Waals surface area contributed by atoms with Crippen molar-refractivity contribution < 1.29 is 0 Å². The van der Waals surface area contributed by atoms with Crippen LogP contribution in [0.3, 0.4) is 0 Å². The number of aryl methyl sites for hydroxylation is 1. The summed E-state index contributed by atoms with van der Waals surface area (Å²) in [7, 11) is 0. The van der Waals surface area contributed by atoms with Gasteiger partial charge in [0.2, 0.25) is 11.9 Å². The van der Waals surface area contributed by atoms with Crippen molar-refractivity contribution in [1.29, 1.82) is 0 Å². The molecule has 1 heterocycles. The lowest BCUT2D eigenvalue weighted by Gasteiger charge is -2.20. The lowest BCUT2D eigenvalue weighted by Crippen LogP contribution is -2.28. The second-order valence-electron chi connectivity index (χ2n) is 4.25. The van der Waals surface area contributed by atoms with Crippen molar-refractivity contribution >= 4 is 23.5 Å². The number of rotatable bonds is 3. The molecule has 6 heteroatoms. The summed E-state index contributed by atoms with van der Waals surface area (Å²) < 4.78 is 0. The lowest BCUT2D eigenvalue weighted by atomic mass is 10.1. The molecule has 0 saturated carbocycles. The first-order valence-electron chi connectivity index (χ1n) is 4.75. The molecule has 1 aromatic heterocycles. The number of halogens is 1. The fourth-order valence-electron chi connectivity index (χ4n) is 1.03. The minimum absolute atomic E-state index is 0.105. The van der Waals surface area contributed by atoms with E-state index in [9.17, 15) is 0 Å². The molecule has 1 aromatic rings. The minimum Gasteiger partial charge on any atom is -0.368 e. The van der Waals surface area contributed by atoms with Crippen molar-refractivity contribution in [3.63, 3.8) is 0 Å². The van der Waals surface area contributed by atoms with E-state index < -0.39 is 0 Å². The summed E-state index contributed by atoms with van der Waals surface area (Å²) in [5.41, 5.74) is 5.46. The van der Waals surface area contributed by atoms with E-state index in [1.165, 1.54) is 0 Å². The summed E-state index contributed by atoms with van der Waals surface area (Å²) in [6.07, 6.45) is 0.590. The molecule has 5 nitrogen and oxygen atoms in total. The van der Waals surface area contributed by atoms with E-state index in [1.807, 2.05) is 20.8 Å². The van der Waals surface area contributed by atoms with E-state index in [2.05, 4.69) is 20.3 Å². The zero-order chi connectivity index (χ0) is 11.5. The van der Waals surface area contributed by atoms with Crippen molar-refractivity contribution in [2.75, 3.05) is 16.9 Å². The Morgan fingerprint density at radius 3 is 2.47 bits per heavy atom. The summed E-state index contributed by atoms with van der Waals surface area (Å²) in [5, 5.41) is 3.14. The van der Waals surface area contributed by atoms with Crippen LogP contribution >= 0.6 is 11.6 Å². The van der Waals surface area contributed by atoms with E-state index in [0.717, 1.165) is 0 Å². The zero-order valence-corrected chi connectivity index (χ0v) is 9.97. The topological polar surface area (TPSA) is 76.7 Å². The molecule has 0 amide bonds. The molecule has 0 radical (unpaired) electrons. The third-order valence-corrected chi connectivity index (χ3v) is 1.69. The van der Waals surface area contributed by atoms with Gasteiger partial charge in [0.1, 0.15) is 5.82 Å². The van der Waals surface area contributed by atoms with Gasteiger partial charge in [-0.3, -0.25) is 0 Å². The van der Waals surface area contributed by atoms with Crippen LogP contribution in [0.2, 0.25) is 0 Å². The van der Waals surface area contributed by atoms with Crippen molar-refractivity contribution in [3.05, 3.63) is 5.82 Å². The molecule has 15 heavy (non-hydrogen) atoms. The maximum absolute atomic E-state index is 5.61. The van der Waals surface area contributed by atoms with Crippen molar-refractivity contribution in [2.24, 2.45) is 0 Å². The summed E-state index contributed by atoms with van der Waals surface area (Å²) in [4.78, 5) is 12.2. The molecule has 0 aromatic carbocycles. The molecule has 3 N–H and O–H groups in total. The van der Waals surface area contributed by atoms with Crippen molar-refractivity contribution in [3.8, 4) is 0 Å². The van der Waals surface area contributed by atoms with E-state index >= 15 is 0 Å². The fourth-order valence-corrected chi connectivity index (χ4v) is 1.19. The number of nitrogen functional groups attached to an aromatic ring is 1. The van der Waals surface area contributed by atoms with Gasteiger partial charge in [-0.05, 0) is 20.8 Å². The fraction of sp³-hybridized carbons (Fsp3) is 0.667. The van der Waals surface area contributed by atoms with Crippen LogP contribution in [0.1, 0.15) is 26.6 Å². The second kappa shape index (κ2) is 4.61. The third-order valence-electron chi connectivity index (χ3n) is 1.50. The predicted molar refractivity (Wildman–Crippen MR) is 62.0 cm³/mol. The Morgan fingerprint density at radius 1 is 1.27 bits per heavy atom. The van der Waals surface area contributed by atoms with Crippen LogP contribution in [0, 0.1) is 0 Å². The highest BCUT2D eigenvalue weighted by atomic mass is 35.5. The van der Waals surface area contributed by atoms with E-state index in [-0.39, 0.29) is 11.5 Å². The molecule has 0 bridgehead atoms.